The molecule has 1 heterocycles. The molecule has 3 amide bonds. The van der Waals surface area contributed by atoms with Crippen LogP contribution < -0.4 is 10.5 Å². The predicted octanol–water partition coefficient (Wildman–Crippen LogP) is 1.09. The SMILES string of the molecule is CC[C@H]1C(=O)N(C(=O)NCCc2ccc(S(N)(=O)=O)cc2)C[C@@H]1C. The molecule has 1 aliphatic heterocycles. The second-order valence-electron chi connectivity index (χ2n) is 6.11. The average molecular weight is 353 g/mol. The number of rotatable bonds is 5. The van der Waals surface area contributed by atoms with Crippen molar-refractivity contribution < 1.29 is 18.0 Å². The van der Waals surface area contributed by atoms with E-state index in [0.717, 1.165) is 12.0 Å². The van der Waals surface area contributed by atoms with Crippen molar-refractivity contribution in [3.8, 4) is 0 Å². The van der Waals surface area contributed by atoms with Crippen LogP contribution in [0.1, 0.15) is 25.8 Å². The summed E-state index contributed by atoms with van der Waals surface area (Å²) in [6, 6.07) is 5.81. The van der Waals surface area contributed by atoms with Crippen molar-refractivity contribution in [2.45, 2.75) is 31.6 Å². The van der Waals surface area contributed by atoms with Crippen molar-refractivity contribution in [3.05, 3.63) is 29.8 Å². The van der Waals surface area contributed by atoms with Gasteiger partial charge in [0.25, 0.3) is 0 Å². The van der Waals surface area contributed by atoms with Gasteiger partial charge in [0.05, 0.1) is 4.90 Å². The van der Waals surface area contributed by atoms with E-state index in [1.165, 1.54) is 17.0 Å². The lowest BCUT2D eigenvalue weighted by molar-refractivity contribution is -0.128. The van der Waals surface area contributed by atoms with Gasteiger partial charge in [-0.05, 0) is 36.5 Å². The van der Waals surface area contributed by atoms with E-state index in [1.807, 2.05) is 13.8 Å². The molecule has 0 saturated carbocycles. The normalized spacial score (nSPS) is 21.1. The van der Waals surface area contributed by atoms with Crippen LogP contribution >= 0.6 is 0 Å². The number of nitrogens with two attached hydrogens (primary N) is 1. The molecule has 1 aromatic rings. The van der Waals surface area contributed by atoms with Gasteiger partial charge in [0.1, 0.15) is 0 Å². The summed E-state index contributed by atoms with van der Waals surface area (Å²) >= 11 is 0. The van der Waals surface area contributed by atoms with Gasteiger partial charge in [-0.2, -0.15) is 0 Å². The Kier molecular flexibility index (Phi) is 5.61. The van der Waals surface area contributed by atoms with Crippen LogP contribution in [0.3, 0.4) is 0 Å². The summed E-state index contributed by atoms with van der Waals surface area (Å²) in [6.07, 6.45) is 1.27. The molecular weight excluding hydrogens is 330 g/mol. The van der Waals surface area contributed by atoms with Gasteiger partial charge in [-0.25, -0.2) is 18.4 Å². The Labute approximate surface area is 142 Å². The molecule has 132 valence electrons. The van der Waals surface area contributed by atoms with Crippen molar-refractivity contribution in [1.29, 1.82) is 0 Å². The summed E-state index contributed by atoms with van der Waals surface area (Å²) in [7, 11) is -3.70. The van der Waals surface area contributed by atoms with Gasteiger partial charge in [-0.15, -0.1) is 0 Å². The minimum Gasteiger partial charge on any atom is -0.337 e. The highest BCUT2D eigenvalue weighted by Crippen LogP contribution is 2.26. The first-order valence-electron chi connectivity index (χ1n) is 7.95. The summed E-state index contributed by atoms with van der Waals surface area (Å²) in [6.45, 7) is 4.74. The number of sulfonamides is 1. The first-order valence-corrected chi connectivity index (χ1v) is 9.49. The second-order valence-corrected chi connectivity index (χ2v) is 7.67. The third-order valence-electron chi connectivity index (χ3n) is 4.37. The number of urea groups is 1. The molecule has 1 fully saturated rings. The number of nitrogens with zero attached hydrogens (tertiary/aromatic N) is 1. The quantitative estimate of drug-likeness (QED) is 0.825. The van der Waals surface area contributed by atoms with Gasteiger partial charge >= 0.3 is 6.03 Å². The Morgan fingerprint density at radius 2 is 1.96 bits per heavy atom. The third kappa shape index (κ3) is 4.12. The van der Waals surface area contributed by atoms with E-state index in [0.29, 0.717) is 19.5 Å². The zero-order chi connectivity index (χ0) is 17.9. The fourth-order valence-corrected chi connectivity index (χ4v) is 3.48. The number of likely N-dealkylation sites (tertiary alicyclic amines) is 1. The van der Waals surface area contributed by atoms with Crippen molar-refractivity contribution >= 4 is 22.0 Å². The van der Waals surface area contributed by atoms with E-state index in [9.17, 15) is 18.0 Å². The monoisotopic (exact) mass is 353 g/mol. The van der Waals surface area contributed by atoms with Gasteiger partial charge in [0, 0.05) is 19.0 Å². The van der Waals surface area contributed by atoms with E-state index in [-0.39, 0.29) is 28.7 Å². The van der Waals surface area contributed by atoms with Crippen LogP contribution in [-0.2, 0) is 21.2 Å². The van der Waals surface area contributed by atoms with Crippen LogP contribution in [0.15, 0.2) is 29.2 Å². The number of imide groups is 1. The summed E-state index contributed by atoms with van der Waals surface area (Å²) in [5.41, 5.74) is 0.871. The van der Waals surface area contributed by atoms with E-state index in [2.05, 4.69) is 5.32 Å². The molecule has 0 bridgehead atoms. The molecule has 2 rings (SSSR count). The number of amides is 3. The van der Waals surface area contributed by atoms with E-state index in [4.69, 9.17) is 5.14 Å². The van der Waals surface area contributed by atoms with E-state index < -0.39 is 10.0 Å². The highest BCUT2D eigenvalue weighted by atomic mass is 32.2. The van der Waals surface area contributed by atoms with Crippen molar-refractivity contribution in [1.82, 2.24) is 10.2 Å². The Morgan fingerprint density at radius 3 is 2.46 bits per heavy atom. The van der Waals surface area contributed by atoms with E-state index in [1.54, 1.807) is 12.1 Å². The molecule has 2 atom stereocenters. The van der Waals surface area contributed by atoms with Crippen molar-refractivity contribution in [2.75, 3.05) is 13.1 Å². The fourth-order valence-electron chi connectivity index (χ4n) is 2.96. The Balaban J connectivity index is 1.86. The van der Waals surface area contributed by atoms with Gasteiger partial charge in [-0.1, -0.05) is 26.0 Å². The first-order chi connectivity index (χ1) is 11.2. The number of benzene rings is 1. The molecule has 0 aliphatic carbocycles. The lowest BCUT2D eigenvalue weighted by Crippen LogP contribution is -2.42. The molecule has 0 aromatic heterocycles. The maximum atomic E-state index is 12.1. The molecule has 1 aromatic carbocycles. The van der Waals surface area contributed by atoms with Crippen molar-refractivity contribution in [3.63, 3.8) is 0 Å². The smallest absolute Gasteiger partial charge is 0.324 e. The Hall–Kier alpha value is -1.93. The Bertz CT molecular complexity index is 715. The molecule has 0 spiro atoms. The lowest BCUT2D eigenvalue weighted by atomic mass is 9.95. The molecular formula is C16H23N3O4S. The summed E-state index contributed by atoms with van der Waals surface area (Å²) < 4.78 is 22.4. The molecule has 1 saturated heterocycles. The maximum absolute atomic E-state index is 12.1. The number of carbonyl (C=O) groups excluding carboxylic acids is 2. The van der Waals surface area contributed by atoms with Crippen LogP contribution in [0.25, 0.3) is 0 Å². The lowest BCUT2D eigenvalue weighted by Gasteiger charge is -2.15. The minimum absolute atomic E-state index is 0.0533. The van der Waals surface area contributed by atoms with Gasteiger partial charge in [-0.3, -0.25) is 9.69 Å². The molecule has 1 aliphatic rings. The molecule has 0 unspecified atom stereocenters. The molecule has 3 N–H and O–H groups in total. The number of hydrogen-bond acceptors (Lipinski definition) is 4. The third-order valence-corrected chi connectivity index (χ3v) is 5.30. The molecule has 0 radical (unpaired) electrons. The van der Waals surface area contributed by atoms with Crippen LogP contribution in [0.4, 0.5) is 4.79 Å². The van der Waals surface area contributed by atoms with E-state index >= 15 is 0 Å². The average Bonchev–Trinajstić information content (AvgIpc) is 2.81. The highest BCUT2D eigenvalue weighted by molar-refractivity contribution is 7.89. The summed E-state index contributed by atoms with van der Waals surface area (Å²) in [4.78, 5) is 25.6. The minimum atomic E-state index is -3.70. The predicted molar refractivity (Wildman–Crippen MR) is 89.6 cm³/mol. The number of carbonyl (C=O) groups is 2. The summed E-state index contributed by atoms with van der Waals surface area (Å²) in [5, 5.41) is 7.78. The van der Waals surface area contributed by atoms with Crippen LogP contribution in [0.2, 0.25) is 0 Å². The first kappa shape index (κ1) is 18.4. The zero-order valence-electron chi connectivity index (χ0n) is 13.9. The van der Waals surface area contributed by atoms with Crippen LogP contribution in [0.5, 0.6) is 0 Å². The molecule has 8 heteroatoms. The fraction of sp³-hybridized carbons (Fsp3) is 0.500. The van der Waals surface area contributed by atoms with Crippen LogP contribution in [0, 0.1) is 11.8 Å². The van der Waals surface area contributed by atoms with Gasteiger partial charge in [0.2, 0.25) is 15.9 Å². The van der Waals surface area contributed by atoms with Crippen LogP contribution in [-0.4, -0.2) is 38.3 Å². The Morgan fingerprint density at radius 1 is 1.33 bits per heavy atom. The second kappa shape index (κ2) is 7.31. The topological polar surface area (TPSA) is 110 Å². The number of hydrogen-bond donors (Lipinski definition) is 2. The number of nitrogens with one attached hydrogen (secondary N) is 1. The molecule has 7 nitrogen and oxygen atoms in total. The van der Waals surface area contributed by atoms with Crippen molar-refractivity contribution in [2.24, 2.45) is 17.0 Å². The molecule has 24 heavy (non-hydrogen) atoms. The highest BCUT2D eigenvalue weighted by Gasteiger charge is 2.39. The maximum Gasteiger partial charge on any atom is 0.324 e. The standard InChI is InChI=1S/C16H23N3O4S/c1-3-14-11(2)10-19(15(14)20)16(21)18-9-8-12-4-6-13(7-5-12)24(17,22)23/h4-7,11,14H,3,8-10H2,1-2H3,(H,18,21)(H2,17,22,23)/t11-,14+/m0/s1. The largest absolute Gasteiger partial charge is 0.337 e. The number of primary sulfonamides is 1. The zero-order valence-corrected chi connectivity index (χ0v) is 14.7. The van der Waals surface area contributed by atoms with Gasteiger partial charge in [0.15, 0.2) is 0 Å². The summed E-state index contributed by atoms with van der Waals surface area (Å²) in [5.74, 6) is -0.0134. The van der Waals surface area contributed by atoms with Gasteiger partial charge < -0.3 is 5.32 Å².